The van der Waals surface area contributed by atoms with E-state index in [2.05, 4.69) is 4.99 Å². The Kier molecular flexibility index (Phi) is 5.64. The number of nitrogens with two attached hydrogens (primary N) is 2. The van der Waals surface area contributed by atoms with E-state index in [1.54, 1.807) is 14.2 Å². The van der Waals surface area contributed by atoms with E-state index in [9.17, 15) is 4.79 Å². The number of hydrogen-bond acceptors (Lipinski definition) is 3. The lowest BCUT2D eigenvalue weighted by Crippen LogP contribution is -2.25. The molecule has 0 spiro atoms. The molecule has 0 atom stereocenters. The zero-order valence-corrected chi connectivity index (χ0v) is 15.8. The van der Waals surface area contributed by atoms with Gasteiger partial charge in [0.25, 0.3) is 5.91 Å². The van der Waals surface area contributed by atoms with Gasteiger partial charge < -0.3 is 25.5 Å². The Labute approximate surface area is 163 Å². The summed E-state index contributed by atoms with van der Waals surface area (Å²) in [5.74, 6) is 0.831. The molecule has 1 heterocycles. The van der Waals surface area contributed by atoms with Crippen molar-refractivity contribution >= 4 is 11.9 Å². The lowest BCUT2D eigenvalue weighted by Gasteiger charge is -2.13. The van der Waals surface area contributed by atoms with Crippen molar-refractivity contribution in [2.75, 3.05) is 14.2 Å². The van der Waals surface area contributed by atoms with Crippen molar-refractivity contribution in [1.29, 1.82) is 0 Å². The quantitative estimate of drug-likeness (QED) is 0.507. The van der Waals surface area contributed by atoms with E-state index < -0.39 is 5.91 Å². The summed E-state index contributed by atoms with van der Waals surface area (Å²) in [5.41, 5.74) is 14.3. The molecule has 4 N–H and O–H groups in total. The third-order valence-corrected chi connectivity index (χ3v) is 4.30. The van der Waals surface area contributed by atoms with Crippen LogP contribution in [0.1, 0.15) is 0 Å². The van der Waals surface area contributed by atoms with Crippen molar-refractivity contribution in [3.8, 4) is 34.0 Å². The number of carbonyl (C=O) groups is 1. The van der Waals surface area contributed by atoms with Crippen LogP contribution >= 0.6 is 0 Å². The van der Waals surface area contributed by atoms with Crippen LogP contribution in [0.3, 0.4) is 0 Å². The average Bonchev–Trinajstić information content (AvgIpc) is 3.10. The van der Waals surface area contributed by atoms with Crippen LogP contribution in [-0.4, -0.2) is 30.7 Å². The molecule has 28 heavy (non-hydrogen) atoms. The van der Waals surface area contributed by atoms with Crippen molar-refractivity contribution in [3.63, 3.8) is 0 Å². The maximum Gasteiger partial charge on any atom is 0.268 e. The molecule has 0 bridgehead atoms. The Balaban J connectivity index is 2.07. The van der Waals surface area contributed by atoms with E-state index in [-0.39, 0.29) is 12.5 Å². The highest BCUT2D eigenvalue weighted by atomic mass is 16.5. The number of benzene rings is 2. The van der Waals surface area contributed by atoms with Crippen molar-refractivity contribution in [2.24, 2.45) is 16.5 Å². The molecule has 144 valence electrons. The summed E-state index contributed by atoms with van der Waals surface area (Å²) < 4.78 is 12.3. The minimum Gasteiger partial charge on any atom is -0.497 e. The van der Waals surface area contributed by atoms with Gasteiger partial charge in [-0.2, -0.15) is 4.99 Å². The highest BCUT2D eigenvalue weighted by Crippen LogP contribution is 2.31. The summed E-state index contributed by atoms with van der Waals surface area (Å²) >= 11 is 0. The molecule has 1 amide bonds. The van der Waals surface area contributed by atoms with E-state index in [0.29, 0.717) is 0 Å². The first kappa shape index (κ1) is 19.0. The Bertz CT molecular complexity index is 920. The number of methoxy groups -OCH3 is 2. The summed E-state index contributed by atoms with van der Waals surface area (Å²) in [6.45, 7) is 0.00756. The van der Waals surface area contributed by atoms with Gasteiger partial charge >= 0.3 is 0 Å². The van der Waals surface area contributed by atoms with Gasteiger partial charge in [-0.1, -0.05) is 0 Å². The molecule has 0 saturated heterocycles. The van der Waals surface area contributed by atoms with E-state index in [4.69, 9.17) is 20.9 Å². The van der Waals surface area contributed by atoms with Crippen LogP contribution < -0.4 is 20.9 Å². The standard InChI is InChI=1S/C21H22N4O3/c1-27-16-7-3-14(4-8-16)18-11-12-19(15-5-9-17(28-2)10-6-15)25(18)13-20(26)24-21(22)23/h3-12H,13H2,1-2H3,(H4,22,23,24,26). The number of amides is 1. The van der Waals surface area contributed by atoms with Crippen molar-refractivity contribution in [1.82, 2.24) is 4.57 Å². The minimum absolute atomic E-state index is 0.00756. The lowest BCUT2D eigenvalue weighted by molar-refractivity contribution is -0.118. The number of carbonyl (C=O) groups excluding carboxylic acids is 1. The fourth-order valence-corrected chi connectivity index (χ4v) is 2.98. The zero-order chi connectivity index (χ0) is 20.1. The Morgan fingerprint density at radius 2 is 1.25 bits per heavy atom. The molecule has 3 rings (SSSR count). The van der Waals surface area contributed by atoms with Gasteiger partial charge in [-0.3, -0.25) is 4.79 Å². The van der Waals surface area contributed by atoms with Gasteiger partial charge in [0.15, 0.2) is 5.96 Å². The highest BCUT2D eigenvalue weighted by molar-refractivity contribution is 5.92. The number of nitrogens with zero attached hydrogens (tertiary/aromatic N) is 2. The SMILES string of the molecule is COc1ccc(-c2ccc(-c3ccc(OC)cc3)n2CC(=O)N=C(N)N)cc1. The second-order valence-corrected chi connectivity index (χ2v) is 6.08. The fraction of sp³-hybridized carbons (Fsp3) is 0.143. The van der Waals surface area contributed by atoms with Crippen molar-refractivity contribution in [2.45, 2.75) is 6.54 Å². The summed E-state index contributed by atoms with van der Waals surface area (Å²) in [6.07, 6.45) is 0. The molecule has 0 radical (unpaired) electrons. The average molecular weight is 378 g/mol. The summed E-state index contributed by atoms with van der Waals surface area (Å²) in [7, 11) is 3.24. The second kappa shape index (κ2) is 8.30. The smallest absolute Gasteiger partial charge is 0.268 e. The van der Waals surface area contributed by atoms with Crippen LogP contribution in [-0.2, 0) is 11.3 Å². The van der Waals surface area contributed by atoms with E-state index in [1.165, 1.54) is 0 Å². The molecule has 7 heteroatoms. The zero-order valence-electron chi connectivity index (χ0n) is 15.8. The predicted molar refractivity (Wildman–Crippen MR) is 109 cm³/mol. The molecule has 2 aromatic carbocycles. The van der Waals surface area contributed by atoms with Gasteiger partial charge in [-0.25, -0.2) is 0 Å². The molecular formula is C21H22N4O3. The first-order valence-corrected chi connectivity index (χ1v) is 8.62. The number of guanidine groups is 1. The van der Waals surface area contributed by atoms with Crippen LogP contribution in [0.5, 0.6) is 11.5 Å². The third-order valence-electron chi connectivity index (χ3n) is 4.30. The molecule has 0 aliphatic rings. The van der Waals surface area contributed by atoms with Crippen molar-refractivity contribution < 1.29 is 14.3 Å². The molecular weight excluding hydrogens is 356 g/mol. The molecule has 1 aromatic heterocycles. The molecule has 0 fully saturated rings. The van der Waals surface area contributed by atoms with Crippen LogP contribution in [0.25, 0.3) is 22.5 Å². The lowest BCUT2D eigenvalue weighted by atomic mass is 10.1. The van der Waals surface area contributed by atoms with Gasteiger partial charge in [0.1, 0.15) is 18.0 Å². The third kappa shape index (κ3) is 4.15. The second-order valence-electron chi connectivity index (χ2n) is 6.08. The van der Waals surface area contributed by atoms with Gasteiger partial charge in [-0.15, -0.1) is 0 Å². The fourth-order valence-electron chi connectivity index (χ4n) is 2.98. The van der Waals surface area contributed by atoms with Gasteiger partial charge in [0.2, 0.25) is 0 Å². The first-order chi connectivity index (χ1) is 13.5. The Morgan fingerprint density at radius 3 is 1.61 bits per heavy atom. The normalized spacial score (nSPS) is 10.4. The predicted octanol–water partition coefficient (Wildman–Crippen LogP) is 2.64. The first-order valence-electron chi connectivity index (χ1n) is 8.62. The van der Waals surface area contributed by atoms with E-state index in [1.807, 2.05) is 65.2 Å². The maximum absolute atomic E-state index is 12.3. The molecule has 0 aliphatic heterocycles. The minimum atomic E-state index is -0.430. The maximum atomic E-state index is 12.3. The number of hydrogen-bond donors (Lipinski definition) is 2. The van der Waals surface area contributed by atoms with Crippen molar-refractivity contribution in [3.05, 3.63) is 60.7 Å². The number of aliphatic imine (C=N–C) groups is 1. The summed E-state index contributed by atoms with van der Waals surface area (Å²) in [5, 5.41) is 0. The van der Waals surface area contributed by atoms with Gasteiger partial charge in [0.05, 0.1) is 14.2 Å². The highest BCUT2D eigenvalue weighted by Gasteiger charge is 2.15. The summed E-state index contributed by atoms with van der Waals surface area (Å²) in [4.78, 5) is 15.9. The number of aromatic nitrogens is 1. The number of ether oxygens (including phenoxy) is 2. The van der Waals surface area contributed by atoms with Crippen LogP contribution in [0.2, 0.25) is 0 Å². The van der Waals surface area contributed by atoms with Crippen LogP contribution in [0, 0.1) is 0 Å². The Hall–Kier alpha value is -3.74. The molecule has 0 saturated carbocycles. The molecule has 0 unspecified atom stereocenters. The topological polar surface area (TPSA) is 105 Å². The van der Waals surface area contributed by atoms with Gasteiger partial charge in [-0.05, 0) is 71.8 Å². The van der Waals surface area contributed by atoms with Crippen LogP contribution in [0.4, 0.5) is 0 Å². The molecule has 0 aliphatic carbocycles. The van der Waals surface area contributed by atoms with Crippen LogP contribution in [0.15, 0.2) is 65.7 Å². The largest absolute Gasteiger partial charge is 0.497 e. The van der Waals surface area contributed by atoms with Gasteiger partial charge in [0, 0.05) is 11.4 Å². The van der Waals surface area contributed by atoms with E-state index in [0.717, 1.165) is 34.0 Å². The number of rotatable bonds is 6. The Morgan fingerprint density at radius 1 is 0.821 bits per heavy atom. The van der Waals surface area contributed by atoms with E-state index >= 15 is 0 Å². The molecule has 3 aromatic rings. The summed E-state index contributed by atoms with van der Waals surface area (Å²) in [6, 6.07) is 19.2. The monoisotopic (exact) mass is 378 g/mol. The molecule has 7 nitrogen and oxygen atoms in total.